The maximum atomic E-state index is 2.73. The molecule has 19 heavy (non-hydrogen) atoms. The van der Waals surface area contributed by atoms with Crippen molar-refractivity contribution in [2.45, 2.75) is 77.8 Å². The van der Waals surface area contributed by atoms with Crippen LogP contribution in [0.5, 0.6) is 0 Å². The predicted octanol–water partition coefficient (Wildman–Crippen LogP) is 3.76. The van der Waals surface area contributed by atoms with Gasteiger partial charge in [-0.15, -0.1) is 0 Å². The van der Waals surface area contributed by atoms with E-state index in [4.69, 9.17) is 0 Å². The van der Waals surface area contributed by atoms with Gasteiger partial charge in [-0.05, 0) is 98.8 Å². The highest BCUT2D eigenvalue weighted by Gasteiger charge is 2.34. The quantitative estimate of drug-likeness (QED) is 0.767. The van der Waals surface area contributed by atoms with Crippen molar-refractivity contribution in [1.82, 2.24) is 9.80 Å². The van der Waals surface area contributed by atoms with Crippen LogP contribution in [0.1, 0.15) is 66.7 Å². The second-order valence-corrected chi connectivity index (χ2v) is 8.31. The van der Waals surface area contributed by atoms with Gasteiger partial charge in [0.25, 0.3) is 0 Å². The standard InChI is InChI=1S/C17H34N2/c1-16(2,3)18-12-8-15(9-13-18)14-17(4,5)19-10-6-7-11-19/h15H,6-14H2,1-5H3. The normalized spacial score (nSPS) is 25.1. The minimum absolute atomic E-state index is 0.357. The van der Waals surface area contributed by atoms with Crippen molar-refractivity contribution >= 4 is 0 Å². The van der Waals surface area contributed by atoms with Crippen LogP contribution in [0.3, 0.4) is 0 Å². The summed E-state index contributed by atoms with van der Waals surface area (Å²) in [4.78, 5) is 5.38. The van der Waals surface area contributed by atoms with Gasteiger partial charge >= 0.3 is 0 Å². The minimum Gasteiger partial charge on any atom is -0.298 e. The molecule has 2 aliphatic rings. The first-order chi connectivity index (χ1) is 8.79. The molecule has 112 valence electrons. The van der Waals surface area contributed by atoms with Crippen LogP contribution in [0.2, 0.25) is 0 Å². The van der Waals surface area contributed by atoms with E-state index >= 15 is 0 Å². The third kappa shape index (κ3) is 3.95. The van der Waals surface area contributed by atoms with Gasteiger partial charge in [0.2, 0.25) is 0 Å². The first-order valence-electron chi connectivity index (χ1n) is 8.29. The van der Waals surface area contributed by atoms with E-state index in [0.29, 0.717) is 11.1 Å². The summed E-state index contributed by atoms with van der Waals surface area (Å²) in [7, 11) is 0. The Balaban J connectivity index is 1.82. The lowest BCUT2D eigenvalue weighted by molar-refractivity contribution is 0.0578. The average molecular weight is 266 g/mol. The van der Waals surface area contributed by atoms with E-state index in [2.05, 4.69) is 44.4 Å². The molecule has 2 rings (SSSR count). The molecule has 2 fully saturated rings. The molecule has 0 atom stereocenters. The van der Waals surface area contributed by atoms with Gasteiger partial charge < -0.3 is 0 Å². The zero-order valence-corrected chi connectivity index (χ0v) is 13.8. The second-order valence-electron chi connectivity index (χ2n) is 8.31. The third-order valence-electron chi connectivity index (χ3n) is 5.31. The summed E-state index contributed by atoms with van der Waals surface area (Å²) in [6.07, 6.45) is 7.01. The summed E-state index contributed by atoms with van der Waals surface area (Å²) in [5.41, 5.74) is 0.778. The Morgan fingerprint density at radius 1 is 0.789 bits per heavy atom. The fraction of sp³-hybridized carbons (Fsp3) is 1.00. The third-order valence-corrected chi connectivity index (χ3v) is 5.31. The molecule has 0 radical (unpaired) electrons. The van der Waals surface area contributed by atoms with Gasteiger partial charge in [0.05, 0.1) is 0 Å². The molecule has 0 aromatic carbocycles. The molecule has 0 saturated carbocycles. The fourth-order valence-corrected chi connectivity index (χ4v) is 3.97. The lowest BCUT2D eigenvalue weighted by Crippen LogP contribution is -2.48. The molecule has 0 aromatic heterocycles. The summed E-state index contributed by atoms with van der Waals surface area (Å²) in [5, 5.41) is 0. The number of hydrogen-bond donors (Lipinski definition) is 0. The smallest absolute Gasteiger partial charge is 0.0155 e. The van der Waals surface area contributed by atoms with Gasteiger partial charge in [-0.1, -0.05) is 0 Å². The van der Waals surface area contributed by atoms with Crippen LogP contribution < -0.4 is 0 Å². The van der Waals surface area contributed by atoms with Gasteiger partial charge in [0, 0.05) is 11.1 Å². The molecule has 2 aliphatic heterocycles. The predicted molar refractivity (Wildman–Crippen MR) is 83.6 cm³/mol. The lowest BCUT2D eigenvalue weighted by atomic mass is 9.82. The molecule has 0 N–H and O–H groups in total. The number of likely N-dealkylation sites (tertiary alicyclic amines) is 2. The first-order valence-corrected chi connectivity index (χ1v) is 8.29. The Kier molecular flexibility index (Phi) is 4.62. The van der Waals surface area contributed by atoms with Crippen LogP contribution in [0, 0.1) is 5.92 Å². The highest BCUT2D eigenvalue weighted by atomic mass is 15.2. The highest BCUT2D eigenvalue weighted by Crippen LogP contribution is 2.33. The Labute approximate surface area is 120 Å². The van der Waals surface area contributed by atoms with E-state index < -0.39 is 0 Å². The van der Waals surface area contributed by atoms with Gasteiger partial charge in [0.1, 0.15) is 0 Å². The molecule has 0 spiro atoms. The monoisotopic (exact) mass is 266 g/mol. The average Bonchev–Trinajstić information content (AvgIpc) is 2.82. The maximum Gasteiger partial charge on any atom is 0.0155 e. The maximum absolute atomic E-state index is 2.73. The second kappa shape index (κ2) is 5.73. The zero-order valence-electron chi connectivity index (χ0n) is 13.8. The molecule has 0 aromatic rings. The van der Waals surface area contributed by atoms with Crippen molar-refractivity contribution in [3.05, 3.63) is 0 Å². The summed E-state index contributed by atoms with van der Waals surface area (Å²) >= 11 is 0. The van der Waals surface area contributed by atoms with Crippen molar-refractivity contribution in [3.8, 4) is 0 Å². The van der Waals surface area contributed by atoms with E-state index in [1.165, 1.54) is 58.3 Å². The van der Waals surface area contributed by atoms with Crippen molar-refractivity contribution in [1.29, 1.82) is 0 Å². The van der Waals surface area contributed by atoms with Crippen LogP contribution in [-0.2, 0) is 0 Å². The lowest BCUT2D eigenvalue weighted by Gasteiger charge is -2.44. The SMILES string of the molecule is CC(C)(C)N1CCC(CC(C)(C)N2CCCC2)CC1. The van der Waals surface area contributed by atoms with Crippen LogP contribution in [-0.4, -0.2) is 47.1 Å². The van der Waals surface area contributed by atoms with E-state index in [-0.39, 0.29) is 0 Å². The van der Waals surface area contributed by atoms with Crippen molar-refractivity contribution in [3.63, 3.8) is 0 Å². The minimum atomic E-state index is 0.357. The Morgan fingerprint density at radius 3 is 1.79 bits per heavy atom. The molecule has 2 heterocycles. The number of hydrogen-bond acceptors (Lipinski definition) is 2. The molecule has 0 amide bonds. The summed E-state index contributed by atoms with van der Waals surface area (Å²) in [6.45, 7) is 17.2. The van der Waals surface area contributed by atoms with E-state index in [9.17, 15) is 0 Å². The van der Waals surface area contributed by atoms with Crippen LogP contribution in [0.4, 0.5) is 0 Å². The van der Waals surface area contributed by atoms with E-state index in [1.54, 1.807) is 0 Å². The van der Waals surface area contributed by atoms with Gasteiger partial charge in [-0.2, -0.15) is 0 Å². The van der Waals surface area contributed by atoms with Crippen LogP contribution >= 0.6 is 0 Å². The summed E-state index contributed by atoms with van der Waals surface area (Å²) in [6, 6.07) is 0. The van der Waals surface area contributed by atoms with E-state index in [1.807, 2.05) is 0 Å². The summed E-state index contributed by atoms with van der Waals surface area (Å²) in [5.74, 6) is 0.939. The number of nitrogens with zero attached hydrogens (tertiary/aromatic N) is 2. The number of rotatable bonds is 3. The van der Waals surface area contributed by atoms with E-state index in [0.717, 1.165) is 5.92 Å². The molecule has 0 unspecified atom stereocenters. The Morgan fingerprint density at radius 2 is 1.32 bits per heavy atom. The van der Waals surface area contributed by atoms with Crippen molar-refractivity contribution in [2.24, 2.45) is 5.92 Å². The topological polar surface area (TPSA) is 6.48 Å². The molecule has 0 bridgehead atoms. The van der Waals surface area contributed by atoms with Gasteiger partial charge in [-0.3, -0.25) is 9.80 Å². The Hall–Kier alpha value is -0.0800. The molecular formula is C17H34N2. The summed E-state index contributed by atoms with van der Waals surface area (Å²) < 4.78 is 0. The number of piperidine rings is 1. The first kappa shape index (κ1) is 15.3. The molecule has 2 saturated heterocycles. The largest absolute Gasteiger partial charge is 0.298 e. The van der Waals surface area contributed by atoms with Gasteiger partial charge in [-0.25, -0.2) is 0 Å². The van der Waals surface area contributed by atoms with Crippen LogP contribution in [0.25, 0.3) is 0 Å². The van der Waals surface area contributed by atoms with Gasteiger partial charge in [0.15, 0.2) is 0 Å². The fourth-order valence-electron chi connectivity index (χ4n) is 3.97. The Bertz CT molecular complexity index is 276. The van der Waals surface area contributed by atoms with Crippen LogP contribution in [0.15, 0.2) is 0 Å². The van der Waals surface area contributed by atoms with Crippen molar-refractivity contribution < 1.29 is 0 Å². The highest BCUT2D eigenvalue weighted by molar-refractivity contribution is 4.89. The zero-order chi connectivity index (χ0) is 14.1. The molecule has 2 heteroatoms. The van der Waals surface area contributed by atoms with Crippen molar-refractivity contribution in [2.75, 3.05) is 26.2 Å². The molecule has 0 aliphatic carbocycles. The molecular weight excluding hydrogens is 232 g/mol. The molecule has 2 nitrogen and oxygen atoms in total.